The van der Waals surface area contributed by atoms with Crippen LogP contribution in [0.25, 0.3) is 0 Å². The summed E-state index contributed by atoms with van der Waals surface area (Å²) < 4.78 is 0. The van der Waals surface area contributed by atoms with E-state index in [2.05, 4.69) is 61.3 Å². The SMILES string of the molecule is CCNC(C)c1ccc(N(C)CC2CCCN2C)c(Cl)c1. The molecule has 1 aromatic carbocycles. The third-order valence-electron chi connectivity index (χ3n) is 4.55. The molecule has 2 rings (SSSR count). The molecule has 0 aliphatic carbocycles. The topological polar surface area (TPSA) is 18.5 Å². The standard InChI is InChI=1S/C17H28ClN3/c1-5-19-13(2)14-8-9-17(16(18)11-14)21(4)12-15-7-6-10-20(15)3/h8-9,11,13,15,19H,5-7,10,12H2,1-4H3. The van der Waals surface area contributed by atoms with Gasteiger partial charge >= 0.3 is 0 Å². The number of rotatable bonds is 6. The van der Waals surface area contributed by atoms with Gasteiger partial charge in [-0.05, 0) is 57.6 Å². The molecule has 1 N–H and O–H groups in total. The number of likely N-dealkylation sites (tertiary alicyclic amines) is 1. The van der Waals surface area contributed by atoms with E-state index in [1.807, 2.05) is 0 Å². The first-order chi connectivity index (χ1) is 10.0. The Morgan fingerprint density at radius 1 is 1.48 bits per heavy atom. The maximum Gasteiger partial charge on any atom is 0.0642 e. The van der Waals surface area contributed by atoms with E-state index in [9.17, 15) is 0 Å². The van der Waals surface area contributed by atoms with Crippen molar-refractivity contribution >= 4 is 17.3 Å². The van der Waals surface area contributed by atoms with Crippen LogP contribution in [0.3, 0.4) is 0 Å². The molecule has 1 aliphatic rings. The number of hydrogen-bond donors (Lipinski definition) is 1. The van der Waals surface area contributed by atoms with Crippen molar-refractivity contribution in [2.24, 2.45) is 0 Å². The maximum absolute atomic E-state index is 6.51. The second-order valence-electron chi connectivity index (χ2n) is 6.15. The molecule has 0 amide bonds. The third kappa shape index (κ3) is 4.12. The fourth-order valence-corrected chi connectivity index (χ4v) is 3.48. The molecule has 0 bridgehead atoms. The Labute approximate surface area is 134 Å². The first-order valence-corrected chi connectivity index (χ1v) is 8.35. The lowest BCUT2D eigenvalue weighted by atomic mass is 10.1. The quantitative estimate of drug-likeness (QED) is 0.867. The molecule has 1 saturated heterocycles. The third-order valence-corrected chi connectivity index (χ3v) is 4.85. The first-order valence-electron chi connectivity index (χ1n) is 7.97. The second kappa shape index (κ2) is 7.48. The van der Waals surface area contributed by atoms with Crippen molar-refractivity contribution in [1.29, 1.82) is 0 Å². The van der Waals surface area contributed by atoms with Gasteiger partial charge in [-0.25, -0.2) is 0 Å². The smallest absolute Gasteiger partial charge is 0.0642 e. The van der Waals surface area contributed by atoms with Crippen LogP contribution in [0.4, 0.5) is 5.69 Å². The van der Waals surface area contributed by atoms with Crippen LogP contribution in [-0.2, 0) is 0 Å². The summed E-state index contributed by atoms with van der Waals surface area (Å²) in [6.07, 6.45) is 2.59. The van der Waals surface area contributed by atoms with Crippen LogP contribution >= 0.6 is 11.6 Å². The van der Waals surface area contributed by atoms with Gasteiger partial charge < -0.3 is 15.1 Å². The largest absolute Gasteiger partial charge is 0.372 e. The van der Waals surface area contributed by atoms with E-state index in [0.717, 1.165) is 23.8 Å². The van der Waals surface area contributed by atoms with Gasteiger partial charge in [0.25, 0.3) is 0 Å². The van der Waals surface area contributed by atoms with Crippen molar-refractivity contribution in [3.8, 4) is 0 Å². The van der Waals surface area contributed by atoms with E-state index < -0.39 is 0 Å². The first kappa shape index (κ1) is 16.6. The molecular weight excluding hydrogens is 282 g/mol. The van der Waals surface area contributed by atoms with Gasteiger partial charge in [0, 0.05) is 25.7 Å². The normalized spacial score (nSPS) is 20.7. The van der Waals surface area contributed by atoms with Crippen molar-refractivity contribution in [2.45, 2.75) is 38.8 Å². The summed E-state index contributed by atoms with van der Waals surface area (Å²) in [4.78, 5) is 4.74. The molecule has 0 saturated carbocycles. The monoisotopic (exact) mass is 309 g/mol. The molecule has 1 heterocycles. The summed E-state index contributed by atoms with van der Waals surface area (Å²) in [5.74, 6) is 0. The Morgan fingerprint density at radius 3 is 2.81 bits per heavy atom. The Kier molecular flexibility index (Phi) is 5.91. The number of halogens is 1. The lowest BCUT2D eigenvalue weighted by Gasteiger charge is -2.28. The molecule has 4 heteroatoms. The highest BCUT2D eigenvalue weighted by Gasteiger charge is 2.23. The minimum absolute atomic E-state index is 0.341. The number of benzene rings is 1. The van der Waals surface area contributed by atoms with E-state index in [0.29, 0.717) is 12.1 Å². The Bertz CT molecular complexity index is 463. The van der Waals surface area contributed by atoms with Crippen LogP contribution in [0.2, 0.25) is 5.02 Å². The number of likely N-dealkylation sites (N-methyl/N-ethyl adjacent to an activating group) is 2. The van der Waals surface area contributed by atoms with Crippen LogP contribution in [-0.4, -0.2) is 44.7 Å². The van der Waals surface area contributed by atoms with E-state index in [1.165, 1.54) is 24.9 Å². The molecule has 1 aliphatic heterocycles. The Balaban J connectivity index is 2.05. The van der Waals surface area contributed by atoms with Gasteiger partial charge in [-0.3, -0.25) is 0 Å². The maximum atomic E-state index is 6.51. The van der Waals surface area contributed by atoms with Crippen molar-refractivity contribution in [3.05, 3.63) is 28.8 Å². The lowest BCUT2D eigenvalue weighted by Crippen LogP contribution is -2.36. The van der Waals surface area contributed by atoms with E-state index >= 15 is 0 Å². The zero-order valence-corrected chi connectivity index (χ0v) is 14.5. The average molecular weight is 310 g/mol. The molecule has 118 valence electrons. The number of nitrogens with one attached hydrogen (secondary N) is 1. The molecule has 3 nitrogen and oxygen atoms in total. The molecule has 21 heavy (non-hydrogen) atoms. The van der Waals surface area contributed by atoms with Gasteiger partial charge in [-0.1, -0.05) is 24.6 Å². The highest BCUT2D eigenvalue weighted by atomic mass is 35.5. The fourth-order valence-electron chi connectivity index (χ4n) is 3.15. The lowest BCUT2D eigenvalue weighted by molar-refractivity contribution is 0.314. The average Bonchev–Trinajstić information content (AvgIpc) is 2.84. The van der Waals surface area contributed by atoms with Crippen LogP contribution in [0, 0.1) is 0 Å². The van der Waals surface area contributed by atoms with Crippen LogP contribution in [0.15, 0.2) is 18.2 Å². The van der Waals surface area contributed by atoms with Crippen molar-refractivity contribution in [2.75, 3.05) is 38.6 Å². The molecule has 1 fully saturated rings. The zero-order chi connectivity index (χ0) is 15.4. The summed E-state index contributed by atoms with van der Waals surface area (Å²) in [5, 5.41) is 4.27. The van der Waals surface area contributed by atoms with Crippen molar-refractivity contribution < 1.29 is 0 Å². The minimum Gasteiger partial charge on any atom is -0.372 e. The second-order valence-corrected chi connectivity index (χ2v) is 6.55. The molecule has 2 unspecified atom stereocenters. The van der Waals surface area contributed by atoms with Gasteiger partial charge in [0.05, 0.1) is 10.7 Å². The molecule has 0 spiro atoms. The number of nitrogens with zero attached hydrogens (tertiary/aromatic N) is 2. The van der Waals surface area contributed by atoms with E-state index in [4.69, 9.17) is 11.6 Å². The molecule has 0 aromatic heterocycles. The predicted molar refractivity (Wildman–Crippen MR) is 92.5 cm³/mol. The fraction of sp³-hybridized carbons (Fsp3) is 0.647. The summed E-state index contributed by atoms with van der Waals surface area (Å²) >= 11 is 6.51. The van der Waals surface area contributed by atoms with E-state index in [-0.39, 0.29) is 0 Å². The number of hydrogen-bond acceptors (Lipinski definition) is 3. The molecule has 1 aromatic rings. The highest BCUT2D eigenvalue weighted by molar-refractivity contribution is 6.33. The van der Waals surface area contributed by atoms with Crippen molar-refractivity contribution in [3.63, 3.8) is 0 Å². The predicted octanol–water partition coefficient (Wildman–Crippen LogP) is 3.54. The van der Waals surface area contributed by atoms with Crippen LogP contribution in [0.5, 0.6) is 0 Å². The summed E-state index contributed by atoms with van der Waals surface area (Å²) in [7, 11) is 4.36. The van der Waals surface area contributed by atoms with Crippen LogP contribution in [0.1, 0.15) is 38.3 Å². The number of anilines is 1. The van der Waals surface area contributed by atoms with E-state index in [1.54, 1.807) is 0 Å². The minimum atomic E-state index is 0.341. The van der Waals surface area contributed by atoms with Crippen molar-refractivity contribution in [1.82, 2.24) is 10.2 Å². The summed E-state index contributed by atoms with van der Waals surface area (Å²) in [6, 6.07) is 7.42. The van der Waals surface area contributed by atoms with Gasteiger partial charge in [-0.2, -0.15) is 0 Å². The Hall–Kier alpha value is -0.770. The van der Waals surface area contributed by atoms with Gasteiger partial charge in [0.1, 0.15) is 0 Å². The van der Waals surface area contributed by atoms with Gasteiger partial charge in [0.2, 0.25) is 0 Å². The zero-order valence-electron chi connectivity index (χ0n) is 13.7. The molecule has 2 atom stereocenters. The van der Waals surface area contributed by atoms with Gasteiger partial charge in [-0.15, -0.1) is 0 Å². The van der Waals surface area contributed by atoms with Gasteiger partial charge in [0.15, 0.2) is 0 Å². The summed E-state index contributed by atoms with van der Waals surface area (Å²) in [5.41, 5.74) is 2.38. The Morgan fingerprint density at radius 2 is 2.24 bits per heavy atom. The van der Waals surface area contributed by atoms with Crippen LogP contribution < -0.4 is 10.2 Å². The molecule has 0 radical (unpaired) electrons. The summed E-state index contributed by atoms with van der Waals surface area (Å²) in [6.45, 7) is 7.52. The molecular formula is C17H28ClN3. The highest BCUT2D eigenvalue weighted by Crippen LogP contribution is 2.29.